The van der Waals surface area contributed by atoms with Crippen molar-refractivity contribution in [2.75, 3.05) is 18.4 Å². The molecule has 0 aromatic carbocycles. The summed E-state index contributed by atoms with van der Waals surface area (Å²) in [5.74, 6) is 0.0781. The van der Waals surface area contributed by atoms with Crippen molar-refractivity contribution in [2.24, 2.45) is 0 Å². The first kappa shape index (κ1) is 14.9. The predicted molar refractivity (Wildman–Crippen MR) is 71.1 cm³/mol. The van der Waals surface area contributed by atoms with Crippen LogP contribution in [0.25, 0.3) is 0 Å². The minimum atomic E-state index is -0.478. The van der Waals surface area contributed by atoms with Gasteiger partial charge in [-0.2, -0.15) is 5.10 Å². The van der Waals surface area contributed by atoms with Gasteiger partial charge in [-0.15, -0.1) is 0 Å². The number of hydrogen-bond donors (Lipinski definition) is 2. The summed E-state index contributed by atoms with van der Waals surface area (Å²) in [6, 6.07) is 0. The number of likely N-dealkylation sites (N-methyl/N-ethyl adjacent to an activating group) is 1. The molecule has 1 aromatic rings. The highest BCUT2D eigenvalue weighted by molar-refractivity contribution is 5.81. The van der Waals surface area contributed by atoms with Gasteiger partial charge in [0.15, 0.2) is 0 Å². The number of nitrogens with one attached hydrogen (secondary N) is 2. The molecule has 1 heterocycles. The van der Waals surface area contributed by atoms with E-state index in [1.807, 2.05) is 13.8 Å². The van der Waals surface area contributed by atoms with Gasteiger partial charge in [-0.25, -0.2) is 4.68 Å². The van der Waals surface area contributed by atoms with Crippen molar-refractivity contribution in [3.8, 4) is 0 Å². The van der Waals surface area contributed by atoms with Crippen LogP contribution in [0.5, 0.6) is 0 Å². The lowest BCUT2D eigenvalue weighted by Gasteiger charge is -2.08. The zero-order valence-corrected chi connectivity index (χ0v) is 11.4. The average Bonchev–Trinajstić information content (AvgIpc) is 2.63. The van der Waals surface area contributed by atoms with Gasteiger partial charge in [0.1, 0.15) is 5.69 Å². The summed E-state index contributed by atoms with van der Waals surface area (Å²) >= 11 is 0. The molecule has 0 spiro atoms. The fourth-order valence-electron chi connectivity index (χ4n) is 1.76. The topological polar surface area (TPSA) is 102 Å². The van der Waals surface area contributed by atoms with Crippen molar-refractivity contribution in [3.63, 3.8) is 0 Å². The van der Waals surface area contributed by atoms with Gasteiger partial charge >= 0.3 is 5.69 Å². The monoisotopic (exact) mass is 269 g/mol. The highest BCUT2D eigenvalue weighted by Gasteiger charge is 2.25. The number of nitrogens with zero attached hydrogens (tertiary/aromatic N) is 3. The number of hydrogen-bond acceptors (Lipinski definition) is 5. The third-order valence-electron chi connectivity index (χ3n) is 2.50. The van der Waals surface area contributed by atoms with Crippen LogP contribution in [0.15, 0.2) is 0 Å². The third-order valence-corrected chi connectivity index (χ3v) is 2.50. The largest absolute Gasteiger partial charge is 0.355 e. The Kier molecular flexibility index (Phi) is 5.28. The maximum Gasteiger partial charge on any atom is 0.333 e. The lowest BCUT2D eigenvalue weighted by molar-refractivity contribution is -0.384. The zero-order valence-electron chi connectivity index (χ0n) is 11.4. The highest BCUT2D eigenvalue weighted by atomic mass is 16.6. The molecular weight excluding hydrogens is 250 g/mol. The fourth-order valence-corrected chi connectivity index (χ4v) is 1.76. The van der Waals surface area contributed by atoms with Gasteiger partial charge in [0.2, 0.25) is 11.7 Å². The molecular formula is C11H19N5O3. The van der Waals surface area contributed by atoms with Crippen LogP contribution in [0, 0.1) is 17.0 Å². The molecule has 106 valence electrons. The molecule has 1 amide bonds. The number of aryl methyl sites for hydroxylation is 2. The standard InChI is InChI=1S/C11H19N5O3/c1-4-6-15-11(13-7-9(17)12-5-2)10(16(18)19)8(3)14-15/h13H,4-7H2,1-3H3,(H,12,17). The normalized spacial score (nSPS) is 10.3. The van der Waals surface area contributed by atoms with E-state index in [2.05, 4.69) is 15.7 Å². The second kappa shape index (κ2) is 6.72. The molecule has 0 atom stereocenters. The summed E-state index contributed by atoms with van der Waals surface area (Å²) in [7, 11) is 0. The summed E-state index contributed by atoms with van der Waals surface area (Å²) in [4.78, 5) is 22.0. The van der Waals surface area contributed by atoms with Crippen molar-refractivity contribution in [1.82, 2.24) is 15.1 Å². The van der Waals surface area contributed by atoms with Gasteiger partial charge in [-0.1, -0.05) is 6.92 Å². The molecule has 0 bridgehead atoms. The van der Waals surface area contributed by atoms with E-state index in [-0.39, 0.29) is 24.0 Å². The summed E-state index contributed by atoms with van der Waals surface area (Å²) < 4.78 is 1.53. The van der Waals surface area contributed by atoms with Crippen molar-refractivity contribution < 1.29 is 9.72 Å². The molecule has 0 saturated carbocycles. The van der Waals surface area contributed by atoms with Gasteiger partial charge in [-0.3, -0.25) is 14.9 Å². The Morgan fingerprint density at radius 3 is 2.68 bits per heavy atom. The first-order chi connectivity index (χ1) is 9.01. The van der Waals surface area contributed by atoms with Crippen molar-refractivity contribution >= 4 is 17.4 Å². The van der Waals surface area contributed by atoms with Gasteiger partial charge in [0, 0.05) is 13.1 Å². The Balaban J connectivity index is 2.95. The molecule has 0 aliphatic carbocycles. The van der Waals surface area contributed by atoms with Gasteiger partial charge in [0.25, 0.3) is 0 Å². The minimum Gasteiger partial charge on any atom is -0.355 e. The molecule has 0 radical (unpaired) electrons. The van der Waals surface area contributed by atoms with Gasteiger partial charge in [-0.05, 0) is 20.3 Å². The Hall–Kier alpha value is -2.12. The molecule has 0 aliphatic heterocycles. The third kappa shape index (κ3) is 3.67. The number of anilines is 1. The molecule has 0 aliphatic rings. The molecule has 1 rings (SSSR count). The van der Waals surface area contributed by atoms with Crippen LogP contribution in [0.4, 0.5) is 11.5 Å². The number of nitro groups is 1. The van der Waals surface area contributed by atoms with Crippen LogP contribution < -0.4 is 10.6 Å². The van der Waals surface area contributed by atoms with Crippen LogP contribution in [-0.2, 0) is 11.3 Å². The van der Waals surface area contributed by atoms with E-state index in [4.69, 9.17) is 0 Å². The maximum absolute atomic E-state index is 11.4. The van der Waals surface area contributed by atoms with Crippen LogP contribution in [0.3, 0.4) is 0 Å². The van der Waals surface area contributed by atoms with Gasteiger partial charge < -0.3 is 10.6 Å². The van der Waals surface area contributed by atoms with Crippen LogP contribution in [0.1, 0.15) is 26.0 Å². The number of rotatable bonds is 7. The van der Waals surface area contributed by atoms with Crippen LogP contribution in [0.2, 0.25) is 0 Å². The van der Waals surface area contributed by atoms with E-state index in [0.29, 0.717) is 18.8 Å². The second-order valence-electron chi connectivity index (χ2n) is 4.07. The van der Waals surface area contributed by atoms with E-state index in [1.165, 1.54) is 4.68 Å². The second-order valence-corrected chi connectivity index (χ2v) is 4.07. The summed E-state index contributed by atoms with van der Waals surface area (Å²) in [6.45, 7) is 6.43. The van der Waals surface area contributed by atoms with E-state index < -0.39 is 4.92 Å². The number of carbonyl (C=O) groups excluding carboxylic acids is 1. The summed E-state index contributed by atoms with van der Waals surface area (Å²) in [5.41, 5.74) is 0.273. The average molecular weight is 269 g/mol. The molecule has 2 N–H and O–H groups in total. The Bertz CT molecular complexity index is 469. The van der Waals surface area contributed by atoms with Crippen molar-refractivity contribution in [1.29, 1.82) is 0 Å². The van der Waals surface area contributed by atoms with Crippen LogP contribution in [-0.4, -0.2) is 33.7 Å². The summed E-state index contributed by atoms with van der Waals surface area (Å²) in [5, 5.41) is 20.6. The van der Waals surface area contributed by atoms with Crippen molar-refractivity contribution in [3.05, 3.63) is 15.8 Å². The molecule has 0 saturated heterocycles. The molecule has 1 aromatic heterocycles. The quantitative estimate of drug-likeness (QED) is 0.569. The molecule has 8 nitrogen and oxygen atoms in total. The van der Waals surface area contributed by atoms with E-state index >= 15 is 0 Å². The Labute approximate surface area is 111 Å². The Morgan fingerprint density at radius 2 is 2.16 bits per heavy atom. The summed E-state index contributed by atoms with van der Waals surface area (Å²) in [6.07, 6.45) is 0.800. The first-order valence-corrected chi connectivity index (χ1v) is 6.23. The van der Waals surface area contributed by atoms with Gasteiger partial charge in [0.05, 0.1) is 11.5 Å². The fraction of sp³-hybridized carbons (Fsp3) is 0.636. The first-order valence-electron chi connectivity index (χ1n) is 6.23. The zero-order chi connectivity index (χ0) is 14.4. The van der Waals surface area contributed by atoms with E-state index in [1.54, 1.807) is 6.92 Å². The maximum atomic E-state index is 11.4. The van der Waals surface area contributed by atoms with Crippen LogP contribution >= 0.6 is 0 Å². The Morgan fingerprint density at radius 1 is 1.47 bits per heavy atom. The number of amides is 1. The van der Waals surface area contributed by atoms with Crippen molar-refractivity contribution in [2.45, 2.75) is 33.7 Å². The SMILES string of the molecule is CCCn1nc(C)c([N+](=O)[O-])c1NCC(=O)NCC. The lowest BCUT2D eigenvalue weighted by Crippen LogP contribution is -2.30. The van der Waals surface area contributed by atoms with E-state index in [9.17, 15) is 14.9 Å². The number of carbonyl (C=O) groups is 1. The highest BCUT2D eigenvalue weighted by Crippen LogP contribution is 2.28. The van der Waals surface area contributed by atoms with E-state index in [0.717, 1.165) is 6.42 Å². The minimum absolute atomic E-state index is 0.0104. The smallest absolute Gasteiger partial charge is 0.333 e. The molecule has 0 fully saturated rings. The predicted octanol–water partition coefficient (Wildman–Crippen LogP) is 1.06. The number of aromatic nitrogens is 2. The lowest BCUT2D eigenvalue weighted by atomic mass is 10.3. The molecule has 8 heteroatoms. The molecule has 19 heavy (non-hydrogen) atoms. The molecule has 0 unspecified atom stereocenters.